The molecule has 0 atom stereocenters. The molecule has 182 valence electrons. The van der Waals surface area contributed by atoms with Crippen LogP contribution < -0.4 is 19.7 Å². The standard InChI is InChI=1S/C28H31N3O4/c1-28(2,35-25-7-5-4-6-8-25)27(33)29-22-11-13-23(14-12-22)30-17-19-31(20-18-30)26(32)21-9-15-24(34-3)16-10-21/h4-16H,17-20H2,1-3H3,(H,29,33). The van der Waals surface area contributed by atoms with E-state index in [0.29, 0.717) is 30.1 Å². The molecule has 1 fully saturated rings. The average Bonchev–Trinajstić information content (AvgIpc) is 2.89. The molecule has 7 nitrogen and oxygen atoms in total. The largest absolute Gasteiger partial charge is 0.497 e. The normalized spacial score (nSPS) is 13.8. The highest BCUT2D eigenvalue weighted by Gasteiger charge is 2.30. The molecule has 0 bridgehead atoms. The van der Waals surface area contributed by atoms with E-state index in [9.17, 15) is 9.59 Å². The predicted molar refractivity (Wildman–Crippen MR) is 137 cm³/mol. The smallest absolute Gasteiger partial charge is 0.267 e. The molecule has 1 aliphatic heterocycles. The van der Waals surface area contributed by atoms with Gasteiger partial charge in [0.25, 0.3) is 11.8 Å². The molecule has 35 heavy (non-hydrogen) atoms. The lowest BCUT2D eigenvalue weighted by molar-refractivity contribution is -0.128. The highest BCUT2D eigenvalue weighted by atomic mass is 16.5. The van der Waals surface area contributed by atoms with Gasteiger partial charge in [0.2, 0.25) is 0 Å². The first-order valence-electron chi connectivity index (χ1n) is 11.7. The quantitative estimate of drug-likeness (QED) is 0.549. The second-order valence-corrected chi connectivity index (χ2v) is 8.93. The maximum absolute atomic E-state index is 12.8. The summed E-state index contributed by atoms with van der Waals surface area (Å²) in [5.41, 5.74) is 1.40. The van der Waals surface area contributed by atoms with Gasteiger partial charge in [0.15, 0.2) is 5.60 Å². The molecule has 0 aliphatic carbocycles. The molecule has 1 heterocycles. The number of methoxy groups -OCH3 is 1. The first-order valence-corrected chi connectivity index (χ1v) is 11.7. The van der Waals surface area contributed by atoms with E-state index in [-0.39, 0.29) is 11.8 Å². The van der Waals surface area contributed by atoms with Crippen molar-refractivity contribution in [3.8, 4) is 11.5 Å². The Bertz CT molecular complexity index is 1140. The van der Waals surface area contributed by atoms with Crippen LogP contribution in [0.25, 0.3) is 0 Å². The summed E-state index contributed by atoms with van der Waals surface area (Å²) in [6.45, 7) is 6.27. The fraction of sp³-hybridized carbons (Fsp3) is 0.286. The van der Waals surface area contributed by atoms with Crippen molar-refractivity contribution in [1.29, 1.82) is 0 Å². The Labute approximate surface area is 206 Å². The molecule has 1 saturated heterocycles. The van der Waals surface area contributed by atoms with Crippen LogP contribution in [0.1, 0.15) is 24.2 Å². The lowest BCUT2D eigenvalue weighted by atomic mass is 10.1. The fourth-order valence-corrected chi connectivity index (χ4v) is 3.95. The minimum atomic E-state index is -1.02. The van der Waals surface area contributed by atoms with Crippen molar-refractivity contribution in [2.75, 3.05) is 43.5 Å². The summed E-state index contributed by atoms with van der Waals surface area (Å²) >= 11 is 0. The summed E-state index contributed by atoms with van der Waals surface area (Å²) in [5.74, 6) is 1.19. The van der Waals surface area contributed by atoms with Gasteiger partial charge in [-0.15, -0.1) is 0 Å². The molecule has 1 aliphatic rings. The number of hydrogen-bond donors (Lipinski definition) is 1. The third-order valence-electron chi connectivity index (χ3n) is 6.06. The number of nitrogens with zero attached hydrogens (tertiary/aromatic N) is 2. The molecular formula is C28H31N3O4. The lowest BCUT2D eigenvalue weighted by Gasteiger charge is -2.36. The number of piperazine rings is 1. The molecule has 0 unspecified atom stereocenters. The van der Waals surface area contributed by atoms with Crippen LogP contribution in [0.5, 0.6) is 11.5 Å². The van der Waals surface area contributed by atoms with Gasteiger partial charge in [0.05, 0.1) is 7.11 Å². The third kappa shape index (κ3) is 5.93. The number of carbonyl (C=O) groups is 2. The van der Waals surface area contributed by atoms with Crippen LogP contribution >= 0.6 is 0 Å². The molecule has 3 aromatic carbocycles. The maximum atomic E-state index is 12.8. The van der Waals surface area contributed by atoms with Crippen LogP contribution in [0.15, 0.2) is 78.9 Å². The number of benzene rings is 3. The first kappa shape index (κ1) is 24.1. The van der Waals surface area contributed by atoms with E-state index in [1.54, 1.807) is 45.2 Å². The molecule has 1 N–H and O–H groups in total. The van der Waals surface area contributed by atoms with E-state index in [0.717, 1.165) is 24.5 Å². The molecule has 4 rings (SSSR count). The zero-order valence-corrected chi connectivity index (χ0v) is 20.4. The van der Waals surface area contributed by atoms with Crippen LogP contribution in [0.3, 0.4) is 0 Å². The van der Waals surface area contributed by atoms with Gasteiger partial charge in [-0.3, -0.25) is 9.59 Å². The summed E-state index contributed by atoms with van der Waals surface area (Å²) in [7, 11) is 1.61. The van der Waals surface area contributed by atoms with E-state index in [1.807, 2.05) is 59.5 Å². The Kier molecular flexibility index (Phi) is 7.25. The van der Waals surface area contributed by atoms with Gasteiger partial charge in [-0.25, -0.2) is 0 Å². The Morgan fingerprint density at radius 3 is 2.03 bits per heavy atom. The minimum Gasteiger partial charge on any atom is -0.497 e. The van der Waals surface area contributed by atoms with E-state index >= 15 is 0 Å². The Morgan fingerprint density at radius 1 is 0.800 bits per heavy atom. The Balaban J connectivity index is 1.30. The number of anilines is 2. The van der Waals surface area contributed by atoms with E-state index in [4.69, 9.17) is 9.47 Å². The number of amides is 2. The second kappa shape index (κ2) is 10.5. The fourth-order valence-electron chi connectivity index (χ4n) is 3.95. The Morgan fingerprint density at radius 2 is 1.43 bits per heavy atom. The summed E-state index contributed by atoms with van der Waals surface area (Å²) in [5, 5.41) is 2.94. The van der Waals surface area contributed by atoms with Crippen molar-refractivity contribution in [3.05, 3.63) is 84.4 Å². The molecule has 2 amide bonds. The minimum absolute atomic E-state index is 0.0331. The molecule has 0 spiro atoms. The average molecular weight is 474 g/mol. The van der Waals surface area contributed by atoms with Crippen molar-refractivity contribution in [2.45, 2.75) is 19.4 Å². The third-order valence-corrected chi connectivity index (χ3v) is 6.06. The summed E-state index contributed by atoms with van der Waals surface area (Å²) in [6, 6.07) is 24.3. The first-order chi connectivity index (χ1) is 16.9. The molecule has 0 aromatic heterocycles. The monoisotopic (exact) mass is 473 g/mol. The van der Waals surface area contributed by atoms with Crippen molar-refractivity contribution < 1.29 is 19.1 Å². The summed E-state index contributed by atoms with van der Waals surface area (Å²) in [6.07, 6.45) is 0. The van der Waals surface area contributed by atoms with Crippen molar-refractivity contribution in [1.82, 2.24) is 4.90 Å². The van der Waals surface area contributed by atoms with Crippen LogP contribution in [-0.4, -0.2) is 55.6 Å². The van der Waals surface area contributed by atoms with Crippen molar-refractivity contribution >= 4 is 23.2 Å². The molecule has 0 saturated carbocycles. The molecule has 0 radical (unpaired) electrons. The number of rotatable bonds is 7. The zero-order chi connectivity index (χ0) is 24.8. The second-order valence-electron chi connectivity index (χ2n) is 8.93. The van der Waals surface area contributed by atoms with Gasteiger partial charge in [-0.05, 0) is 74.5 Å². The van der Waals surface area contributed by atoms with Crippen LogP contribution in [-0.2, 0) is 4.79 Å². The SMILES string of the molecule is COc1ccc(C(=O)N2CCN(c3ccc(NC(=O)C(C)(C)Oc4ccccc4)cc3)CC2)cc1. The molecular weight excluding hydrogens is 442 g/mol. The Hall–Kier alpha value is -4.00. The highest BCUT2D eigenvalue weighted by molar-refractivity contribution is 5.97. The number of ether oxygens (including phenoxy) is 2. The number of para-hydroxylation sites is 1. The molecule has 7 heteroatoms. The van der Waals surface area contributed by atoms with E-state index < -0.39 is 5.60 Å². The number of hydrogen-bond acceptors (Lipinski definition) is 5. The van der Waals surface area contributed by atoms with Crippen LogP contribution in [0, 0.1) is 0 Å². The van der Waals surface area contributed by atoms with Crippen molar-refractivity contribution in [3.63, 3.8) is 0 Å². The maximum Gasteiger partial charge on any atom is 0.267 e. The van der Waals surface area contributed by atoms with Gasteiger partial charge < -0.3 is 24.6 Å². The molecule has 3 aromatic rings. The highest BCUT2D eigenvalue weighted by Crippen LogP contribution is 2.23. The van der Waals surface area contributed by atoms with Crippen LogP contribution in [0.2, 0.25) is 0 Å². The van der Waals surface area contributed by atoms with Crippen molar-refractivity contribution in [2.24, 2.45) is 0 Å². The number of carbonyl (C=O) groups excluding carboxylic acids is 2. The van der Waals surface area contributed by atoms with Gasteiger partial charge in [0.1, 0.15) is 11.5 Å². The van der Waals surface area contributed by atoms with Crippen LogP contribution in [0.4, 0.5) is 11.4 Å². The van der Waals surface area contributed by atoms with Gasteiger partial charge in [0, 0.05) is 43.1 Å². The summed E-state index contributed by atoms with van der Waals surface area (Å²) < 4.78 is 11.0. The predicted octanol–water partition coefficient (Wildman–Crippen LogP) is 4.45. The van der Waals surface area contributed by atoms with Gasteiger partial charge in [-0.1, -0.05) is 18.2 Å². The zero-order valence-electron chi connectivity index (χ0n) is 20.4. The van der Waals surface area contributed by atoms with Gasteiger partial charge >= 0.3 is 0 Å². The van der Waals surface area contributed by atoms with Gasteiger partial charge in [-0.2, -0.15) is 0 Å². The lowest BCUT2D eigenvalue weighted by Crippen LogP contribution is -2.48. The van der Waals surface area contributed by atoms with E-state index in [2.05, 4.69) is 10.2 Å². The summed E-state index contributed by atoms with van der Waals surface area (Å²) in [4.78, 5) is 29.7. The topological polar surface area (TPSA) is 71.1 Å². The van der Waals surface area contributed by atoms with E-state index in [1.165, 1.54) is 0 Å². The number of nitrogens with one attached hydrogen (secondary N) is 1.